The van der Waals surface area contributed by atoms with Crippen molar-refractivity contribution < 1.29 is 22.8 Å². The van der Waals surface area contributed by atoms with Crippen LogP contribution in [0.4, 0.5) is 18.0 Å². The molecule has 0 unspecified atom stereocenters. The minimum Gasteiger partial charge on any atom is -0.337 e. The quantitative estimate of drug-likeness (QED) is 0.838. The number of nitrogens with zero attached hydrogens (tertiary/aromatic N) is 2. The van der Waals surface area contributed by atoms with Gasteiger partial charge in [-0.2, -0.15) is 0 Å². The Morgan fingerprint density at radius 2 is 1.54 bits per heavy atom. The Bertz CT molecular complexity index is 637. The summed E-state index contributed by atoms with van der Waals surface area (Å²) in [5, 5.41) is 2.77. The molecule has 1 aliphatic heterocycles. The third-order valence-corrected chi connectivity index (χ3v) is 3.72. The first-order valence-electron chi connectivity index (χ1n) is 7.79. The summed E-state index contributed by atoms with van der Waals surface area (Å²) in [6.07, 6.45) is 0.516. The number of amides is 3. The molecule has 0 atom stereocenters. The predicted octanol–water partition coefficient (Wildman–Crippen LogP) is 2.37. The van der Waals surface area contributed by atoms with Crippen molar-refractivity contribution >= 4 is 11.9 Å². The molecule has 1 heterocycles. The maximum absolute atomic E-state index is 13.8. The molecule has 8 heteroatoms. The molecule has 1 aromatic rings. The van der Waals surface area contributed by atoms with Crippen LogP contribution in [0.1, 0.15) is 30.6 Å². The van der Waals surface area contributed by atoms with Crippen LogP contribution in [0.5, 0.6) is 0 Å². The van der Waals surface area contributed by atoms with Gasteiger partial charge in [-0.25, -0.2) is 18.0 Å². The lowest BCUT2D eigenvalue weighted by atomic mass is 10.1. The Kier molecular flexibility index (Phi) is 5.69. The third kappa shape index (κ3) is 4.18. The van der Waals surface area contributed by atoms with Crippen molar-refractivity contribution in [3.63, 3.8) is 0 Å². The van der Waals surface area contributed by atoms with E-state index in [4.69, 9.17) is 0 Å². The van der Waals surface area contributed by atoms with Crippen molar-refractivity contribution in [2.45, 2.75) is 26.3 Å². The minimum atomic E-state index is -1.34. The van der Waals surface area contributed by atoms with Crippen LogP contribution >= 0.6 is 0 Å². The van der Waals surface area contributed by atoms with Gasteiger partial charge >= 0.3 is 6.03 Å². The van der Waals surface area contributed by atoms with Crippen LogP contribution in [0.25, 0.3) is 0 Å². The normalized spacial score (nSPS) is 15.4. The predicted molar refractivity (Wildman–Crippen MR) is 82.1 cm³/mol. The van der Waals surface area contributed by atoms with Crippen molar-refractivity contribution in [2.75, 3.05) is 26.2 Å². The van der Waals surface area contributed by atoms with E-state index in [1.807, 2.05) is 13.8 Å². The molecule has 3 amide bonds. The number of carbonyl (C=O) groups is 2. The number of hydrogen-bond acceptors (Lipinski definition) is 2. The molecule has 1 aliphatic rings. The highest BCUT2D eigenvalue weighted by Crippen LogP contribution is 2.17. The van der Waals surface area contributed by atoms with E-state index >= 15 is 0 Å². The summed E-state index contributed by atoms with van der Waals surface area (Å²) in [4.78, 5) is 27.3. The van der Waals surface area contributed by atoms with E-state index in [0.717, 1.165) is 0 Å². The number of benzene rings is 1. The van der Waals surface area contributed by atoms with Crippen molar-refractivity contribution in [1.29, 1.82) is 0 Å². The molecule has 24 heavy (non-hydrogen) atoms. The Morgan fingerprint density at radius 3 is 2.21 bits per heavy atom. The largest absolute Gasteiger partial charge is 0.337 e. The van der Waals surface area contributed by atoms with Crippen LogP contribution in [-0.4, -0.2) is 54.0 Å². The van der Waals surface area contributed by atoms with Gasteiger partial charge in [0.2, 0.25) is 0 Å². The lowest BCUT2D eigenvalue weighted by molar-refractivity contribution is 0.0756. The third-order valence-electron chi connectivity index (χ3n) is 3.72. The van der Waals surface area contributed by atoms with E-state index in [1.54, 1.807) is 4.90 Å². The monoisotopic (exact) mass is 343 g/mol. The maximum Gasteiger partial charge on any atom is 0.317 e. The molecule has 0 aromatic heterocycles. The van der Waals surface area contributed by atoms with Gasteiger partial charge in [0.05, 0.1) is 5.56 Å². The highest BCUT2D eigenvalue weighted by molar-refractivity contribution is 5.94. The highest BCUT2D eigenvalue weighted by Gasteiger charge is 2.25. The molecular formula is C16H20F3N3O2. The maximum atomic E-state index is 13.8. The van der Waals surface area contributed by atoms with Gasteiger partial charge in [-0.3, -0.25) is 4.79 Å². The molecule has 1 N–H and O–H groups in total. The zero-order valence-electron chi connectivity index (χ0n) is 13.6. The van der Waals surface area contributed by atoms with Crippen molar-refractivity contribution in [2.24, 2.45) is 0 Å². The van der Waals surface area contributed by atoms with Gasteiger partial charge in [0.25, 0.3) is 5.91 Å². The molecule has 132 valence electrons. The summed E-state index contributed by atoms with van der Waals surface area (Å²) < 4.78 is 40.0. The van der Waals surface area contributed by atoms with Crippen molar-refractivity contribution in [3.05, 3.63) is 35.1 Å². The van der Waals surface area contributed by atoms with Crippen LogP contribution < -0.4 is 5.32 Å². The molecule has 0 spiro atoms. The first-order chi connectivity index (χ1) is 11.3. The zero-order valence-corrected chi connectivity index (χ0v) is 13.6. The summed E-state index contributed by atoms with van der Waals surface area (Å²) in [5.74, 6) is -4.42. The van der Waals surface area contributed by atoms with E-state index in [-0.39, 0.29) is 25.2 Å². The molecule has 0 saturated carbocycles. The molecule has 1 aromatic carbocycles. The van der Waals surface area contributed by atoms with E-state index in [1.165, 1.54) is 4.90 Å². The summed E-state index contributed by atoms with van der Waals surface area (Å²) >= 11 is 0. The molecule has 0 radical (unpaired) electrons. The number of hydrogen-bond donors (Lipinski definition) is 1. The topological polar surface area (TPSA) is 52.7 Å². The Balaban J connectivity index is 2.07. The van der Waals surface area contributed by atoms with Crippen molar-refractivity contribution in [3.8, 4) is 0 Å². The van der Waals surface area contributed by atoms with Gasteiger partial charge in [-0.05, 0) is 26.3 Å². The van der Waals surface area contributed by atoms with Crippen LogP contribution in [0.3, 0.4) is 0 Å². The summed E-state index contributed by atoms with van der Waals surface area (Å²) in [6, 6.07) is 0.706. The molecular weight excluding hydrogens is 323 g/mol. The summed E-state index contributed by atoms with van der Waals surface area (Å²) in [5.41, 5.74) is -0.506. The first kappa shape index (κ1) is 18.1. The second kappa shape index (κ2) is 7.55. The average molecular weight is 343 g/mol. The van der Waals surface area contributed by atoms with Gasteiger partial charge in [0.1, 0.15) is 5.82 Å². The number of rotatable bonds is 2. The molecule has 0 aliphatic carbocycles. The number of carbonyl (C=O) groups excluding carboxylic acids is 2. The number of halogens is 3. The second-order valence-corrected chi connectivity index (χ2v) is 5.98. The molecule has 0 bridgehead atoms. The number of nitrogens with one attached hydrogen (secondary N) is 1. The summed E-state index contributed by atoms with van der Waals surface area (Å²) in [6.45, 7) is 4.94. The first-order valence-corrected chi connectivity index (χ1v) is 7.79. The smallest absolute Gasteiger partial charge is 0.317 e. The van der Waals surface area contributed by atoms with Gasteiger partial charge in [0.15, 0.2) is 11.6 Å². The van der Waals surface area contributed by atoms with E-state index < -0.39 is 28.9 Å². The standard InChI is InChI=1S/C16H20F3N3O2/c1-10(2)20-16(24)22-5-3-4-21(6-7-22)15(23)11-8-13(18)14(19)9-12(11)17/h8-10H,3-7H2,1-2H3,(H,20,24). The molecule has 1 fully saturated rings. The van der Waals surface area contributed by atoms with Crippen LogP contribution in [0, 0.1) is 17.5 Å². The fourth-order valence-corrected chi connectivity index (χ4v) is 2.52. The molecule has 2 rings (SSSR count). The fourth-order valence-electron chi connectivity index (χ4n) is 2.52. The van der Waals surface area contributed by atoms with Gasteiger partial charge in [-0.1, -0.05) is 0 Å². The minimum absolute atomic E-state index is 0.00484. The van der Waals surface area contributed by atoms with E-state index in [0.29, 0.717) is 31.6 Å². The van der Waals surface area contributed by atoms with Gasteiger partial charge in [-0.15, -0.1) is 0 Å². The second-order valence-electron chi connectivity index (χ2n) is 5.98. The van der Waals surface area contributed by atoms with E-state index in [9.17, 15) is 22.8 Å². The highest BCUT2D eigenvalue weighted by atomic mass is 19.2. The van der Waals surface area contributed by atoms with Gasteiger partial charge in [0, 0.05) is 38.3 Å². The molecule has 5 nitrogen and oxygen atoms in total. The summed E-state index contributed by atoms with van der Waals surface area (Å²) in [7, 11) is 0. The van der Waals surface area contributed by atoms with Crippen molar-refractivity contribution in [1.82, 2.24) is 15.1 Å². The van der Waals surface area contributed by atoms with Crippen LogP contribution in [0.2, 0.25) is 0 Å². The Morgan fingerprint density at radius 1 is 0.958 bits per heavy atom. The lowest BCUT2D eigenvalue weighted by Gasteiger charge is -2.23. The SMILES string of the molecule is CC(C)NC(=O)N1CCCN(C(=O)c2cc(F)c(F)cc2F)CC1. The lowest BCUT2D eigenvalue weighted by Crippen LogP contribution is -2.44. The Hall–Kier alpha value is -2.25. The van der Waals surface area contributed by atoms with Crippen LogP contribution in [0.15, 0.2) is 12.1 Å². The van der Waals surface area contributed by atoms with E-state index in [2.05, 4.69) is 5.32 Å². The average Bonchev–Trinajstić information content (AvgIpc) is 2.75. The molecule has 1 saturated heterocycles. The van der Waals surface area contributed by atoms with Crippen LogP contribution in [-0.2, 0) is 0 Å². The zero-order chi connectivity index (χ0) is 17.9. The number of urea groups is 1. The fraction of sp³-hybridized carbons (Fsp3) is 0.500. The van der Waals surface area contributed by atoms with Gasteiger partial charge < -0.3 is 15.1 Å². The Labute approximate surface area is 138 Å².